The number of quaternary nitrogens is 1. The van der Waals surface area contributed by atoms with E-state index >= 15 is 0 Å². The van der Waals surface area contributed by atoms with Gasteiger partial charge in [0.25, 0.3) is 5.91 Å². The summed E-state index contributed by atoms with van der Waals surface area (Å²) in [7, 11) is 8.18. The molecule has 0 radical (unpaired) electrons. The Labute approximate surface area is 208 Å². The fraction of sp³-hybridized carbons (Fsp3) is 0.433. The number of carbonyl (C=O) groups is 1. The Morgan fingerprint density at radius 2 is 1.77 bits per heavy atom. The highest BCUT2D eigenvalue weighted by atomic mass is 16.5. The molecule has 2 aliphatic rings. The van der Waals surface area contributed by atoms with Crippen molar-refractivity contribution in [3.8, 4) is 5.75 Å². The van der Waals surface area contributed by atoms with E-state index in [4.69, 9.17) is 9.47 Å². The van der Waals surface area contributed by atoms with E-state index in [2.05, 4.69) is 49.7 Å². The number of piperidine rings is 1. The van der Waals surface area contributed by atoms with Crippen LogP contribution in [0.5, 0.6) is 5.75 Å². The first-order chi connectivity index (χ1) is 16.8. The van der Waals surface area contributed by atoms with Gasteiger partial charge in [0.2, 0.25) is 0 Å². The molecule has 0 bridgehead atoms. The quantitative estimate of drug-likeness (QED) is 0.535. The highest BCUT2D eigenvalue weighted by molar-refractivity contribution is 5.98. The predicted molar refractivity (Wildman–Crippen MR) is 140 cm³/mol. The number of methoxy groups -OCH3 is 2. The summed E-state index contributed by atoms with van der Waals surface area (Å²) >= 11 is 0. The van der Waals surface area contributed by atoms with Gasteiger partial charge in [-0.05, 0) is 59.9 Å². The highest BCUT2D eigenvalue weighted by Gasteiger charge is 2.62. The molecule has 35 heavy (non-hydrogen) atoms. The van der Waals surface area contributed by atoms with E-state index < -0.39 is 0 Å². The van der Waals surface area contributed by atoms with E-state index in [1.54, 1.807) is 7.11 Å². The maximum Gasteiger partial charge on any atom is 0.251 e. The maximum absolute atomic E-state index is 13.3. The number of amides is 1. The standard InChI is InChI=1S/C30H36N2O3/c1-32(2)17-16-29(25-10-7-11-27(19-25)34-3)20-26(14-15-30(29,21-32)35-4)31-28(33)24-13-12-22-8-5-6-9-23(22)18-24/h5-13,18-19,26H,14-17,20-21H2,1-4H3/p+1/t26-,29+,30+/m1/s1. The van der Waals surface area contributed by atoms with Crippen molar-refractivity contribution in [3.05, 3.63) is 77.9 Å². The van der Waals surface area contributed by atoms with Crippen LogP contribution in [0.1, 0.15) is 41.6 Å². The number of ether oxygens (including phenoxy) is 2. The molecule has 0 aromatic heterocycles. The molecule has 1 heterocycles. The number of rotatable bonds is 5. The van der Waals surface area contributed by atoms with Crippen LogP contribution in [-0.2, 0) is 10.2 Å². The van der Waals surface area contributed by atoms with Crippen molar-refractivity contribution in [2.75, 3.05) is 41.4 Å². The fourth-order valence-electron chi connectivity index (χ4n) is 6.71. The predicted octanol–water partition coefficient (Wildman–Crippen LogP) is 4.93. The van der Waals surface area contributed by atoms with Gasteiger partial charge in [0, 0.05) is 30.6 Å². The lowest BCUT2D eigenvalue weighted by Gasteiger charge is -2.60. The fourth-order valence-corrected chi connectivity index (χ4v) is 6.71. The SMILES string of the molecule is COc1cccc([C@@]23CC[N+](C)(C)C[C@@]2(OC)CC[C@@H](NC(=O)c2ccc4ccccc4c2)C3)c1. The Morgan fingerprint density at radius 3 is 2.54 bits per heavy atom. The van der Waals surface area contributed by atoms with E-state index in [1.165, 1.54) is 5.56 Å². The van der Waals surface area contributed by atoms with Crippen molar-refractivity contribution >= 4 is 16.7 Å². The Kier molecular flexibility index (Phi) is 6.10. The van der Waals surface area contributed by atoms with Gasteiger partial charge in [-0.25, -0.2) is 0 Å². The van der Waals surface area contributed by atoms with E-state index in [-0.39, 0.29) is 23.0 Å². The third kappa shape index (κ3) is 4.21. The molecule has 3 atom stereocenters. The smallest absolute Gasteiger partial charge is 0.251 e. The summed E-state index contributed by atoms with van der Waals surface area (Å²) in [6.45, 7) is 2.01. The molecule has 5 nitrogen and oxygen atoms in total. The van der Waals surface area contributed by atoms with Gasteiger partial charge in [-0.1, -0.05) is 42.5 Å². The van der Waals surface area contributed by atoms with Gasteiger partial charge < -0.3 is 19.3 Å². The van der Waals surface area contributed by atoms with Gasteiger partial charge in [0.15, 0.2) is 0 Å². The second-order valence-corrected chi connectivity index (χ2v) is 11.1. The minimum absolute atomic E-state index is 0.00150. The molecular formula is C30H37N2O3+. The lowest BCUT2D eigenvalue weighted by molar-refractivity contribution is -0.905. The lowest BCUT2D eigenvalue weighted by atomic mass is 9.54. The van der Waals surface area contributed by atoms with Gasteiger partial charge in [-0.15, -0.1) is 0 Å². The minimum Gasteiger partial charge on any atom is -0.497 e. The number of nitrogens with one attached hydrogen (secondary N) is 1. The monoisotopic (exact) mass is 473 g/mol. The van der Waals surface area contributed by atoms with Crippen molar-refractivity contribution < 1.29 is 18.8 Å². The van der Waals surface area contributed by atoms with E-state index in [0.717, 1.165) is 59.8 Å². The molecule has 3 aromatic carbocycles. The molecule has 0 spiro atoms. The average molecular weight is 474 g/mol. The topological polar surface area (TPSA) is 47.6 Å². The van der Waals surface area contributed by atoms with Crippen LogP contribution in [-0.4, -0.2) is 63.4 Å². The number of hydrogen-bond acceptors (Lipinski definition) is 3. The molecule has 1 saturated carbocycles. The van der Waals surface area contributed by atoms with E-state index in [0.29, 0.717) is 5.56 Å². The second-order valence-electron chi connectivity index (χ2n) is 11.1. The number of likely N-dealkylation sites (N-methyl/N-ethyl adjacent to an activating group) is 1. The number of carbonyl (C=O) groups excluding carboxylic acids is 1. The molecule has 184 valence electrons. The Balaban J connectivity index is 1.47. The molecule has 2 fully saturated rings. The molecule has 1 N–H and O–H groups in total. The van der Waals surface area contributed by atoms with E-state index in [1.807, 2.05) is 43.5 Å². The molecule has 1 saturated heterocycles. The first-order valence-corrected chi connectivity index (χ1v) is 12.6. The number of fused-ring (bicyclic) bond motifs is 2. The summed E-state index contributed by atoms with van der Waals surface area (Å²) in [4.78, 5) is 13.3. The second kappa shape index (κ2) is 8.96. The van der Waals surface area contributed by atoms with Crippen LogP contribution in [0, 0.1) is 0 Å². The van der Waals surface area contributed by atoms with Crippen LogP contribution in [0.3, 0.4) is 0 Å². The third-order valence-corrected chi connectivity index (χ3v) is 8.55. The van der Waals surface area contributed by atoms with Crippen molar-refractivity contribution in [2.45, 2.75) is 42.7 Å². The van der Waals surface area contributed by atoms with Gasteiger partial charge in [-0.2, -0.15) is 0 Å². The largest absolute Gasteiger partial charge is 0.497 e. The minimum atomic E-state index is -0.286. The molecule has 1 aliphatic heterocycles. The molecule has 3 aromatic rings. The summed E-state index contributed by atoms with van der Waals surface area (Å²) in [5.41, 5.74) is 1.49. The number of benzene rings is 3. The van der Waals surface area contributed by atoms with Crippen LogP contribution in [0.4, 0.5) is 0 Å². The molecular weight excluding hydrogens is 436 g/mol. The van der Waals surface area contributed by atoms with Gasteiger partial charge >= 0.3 is 0 Å². The van der Waals surface area contributed by atoms with Gasteiger partial charge in [0.1, 0.15) is 17.9 Å². The van der Waals surface area contributed by atoms with Crippen LogP contribution in [0.25, 0.3) is 10.8 Å². The van der Waals surface area contributed by atoms with Crippen LogP contribution in [0.2, 0.25) is 0 Å². The number of hydrogen-bond donors (Lipinski definition) is 1. The molecule has 5 heteroatoms. The number of likely N-dealkylation sites (tertiary alicyclic amines) is 1. The van der Waals surface area contributed by atoms with Crippen molar-refractivity contribution in [2.24, 2.45) is 0 Å². The zero-order chi connectivity index (χ0) is 24.7. The van der Waals surface area contributed by atoms with Crippen molar-refractivity contribution in [1.82, 2.24) is 5.32 Å². The first kappa shape index (κ1) is 23.8. The molecule has 1 aliphatic carbocycles. The highest BCUT2D eigenvalue weighted by Crippen LogP contribution is 2.54. The Bertz CT molecular complexity index is 1240. The Morgan fingerprint density at radius 1 is 0.971 bits per heavy atom. The van der Waals surface area contributed by atoms with Gasteiger partial charge in [-0.3, -0.25) is 4.79 Å². The van der Waals surface area contributed by atoms with Crippen molar-refractivity contribution in [3.63, 3.8) is 0 Å². The normalized spacial score (nSPS) is 27.7. The summed E-state index contributed by atoms with van der Waals surface area (Å²) in [6, 6.07) is 22.7. The number of nitrogens with zero attached hydrogens (tertiary/aromatic N) is 1. The molecule has 5 rings (SSSR count). The van der Waals surface area contributed by atoms with Crippen LogP contribution >= 0.6 is 0 Å². The Hall–Kier alpha value is -2.89. The maximum atomic E-state index is 13.3. The van der Waals surface area contributed by atoms with Crippen molar-refractivity contribution in [1.29, 1.82) is 0 Å². The average Bonchev–Trinajstić information content (AvgIpc) is 2.88. The first-order valence-electron chi connectivity index (χ1n) is 12.6. The van der Waals surface area contributed by atoms with Gasteiger partial charge in [0.05, 0.1) is 27.7 Å². The summed E-state index contributed by atoms with van der Waals surface area (Å²) < 4.78 is 13.0. The zero-order valence-corrected chi connectivity index (χ0v) is 21.3. The molecule has 1 amide bonds. The summed E-state index contributed by atoms with van der Waals surface area (Å²) in [5, 5.41) is 5.62. The van der Waals surface area contributed by atoms with Crippen LogP contribution in [0.15, 0.2) is 66.7 Å². The zero-order valence-electron chi connectivity index (χ0n) is 21.3. The van der Waals surface area contributed by atoms with E-state index in [9.17, 15) is 4.79 Å². The molecule has 0 unspecified atom stereocenters. The lowest BCUT2D eigenvalue weighted by Crippen LogP contribution is -2.71. The van der Waals surface area contributed by atoms with Crippen LogP contribution < -0.4 is 10.1 Å². The summed E-state index contributed by atoms with van der Waals surface area (Å²) in [6.07, 6.45) is 3.67. The third-order valence-electron chi connectivity index (χ3n) is 8.55. The summed E-state index contributed by atoms with van der Waals surface area (Å²) in [5.74, 6) is 0.863.